The van der Waals surface area contributed by atoms with Crippen LogP contribution in [0.25, 0.3) is 17.2 Å². The molecule has 0 unspecified atom stereocenters. The van der Waals surface area contributed by atoms with Crippen molar-refractivity contribution < 1.29 is 37.0 Å². The number of aryl methyl sites for hydroxylation is 1. The van der Waals surface area contributed by atoms with Gasteiger partial charge in [0, 0.05) is 43.7 Å². The van der Waals surface area contributed by atoms with Crippen molar-refractivity contribution in [1.82, 2.24) is 34.0 Å². The molecule has 6 aromatic rings. The predicted molar refractivity (Wildman–Crippen MR) is 220 cm³/mol. The molecule has 19 heteroatoms. The number of hydrogen-bond acceptors (Lipinski definition) is 11. The maximum Gasteiger partial charge on any atom is 0.416 e. The zero-order valence-electron chi connectivity index (χ0n) is 33.6. The van der Waals surface area contributed by atoms with Crippen LogP contribution < -0.4 is 25.2 Å². The van der Waals surface area contributed by atoms with Crippen LogP contribution in [0.5, 0.6) is 11.5 Å². The molecule has 15 nitrogen and oxygen atoms in total. The zero-order chi connectivity index (χ0) is 43.3. The molecule has 3 aromatic heterocycles. The molecule has 1 saturated heterocycles. The highest BCUT2D eigenvalue weighted by atomic mass is 35.5. The highest BCUT2D eigenvalue weighted by Gasteiger charge is 2.39. The molecule has 3 aromatic carbocycles. The van der Waals surface area contributed by atoms with E-state index in [2.05, 4.69) is 20.4 Å². The molecule has 9 rings (SSSR count). The molecule has 3 aliphatic heterocycles. The van der Waals surface area contributed by atoms with Crippen LogP contribution in [0, 0.1) is 6.92 Å². The van der Waals surface area contributed by atoms with E-state index in [-0.39, 0.29) is 109 Å². The molecule has 3 aliphatic rings. The molecule has 0 aliphatic carbocycles. The Kier molecular flexibility index (Phi) is 10.8. The third-order valence-electron chi connectivity index (χ3n) is 11.2. The van der Waals surface area contributed by atoms with Gasteiger partial charge in [-0.25, -0.2) is 9.97 Å². The number of alkyl halides is 3. The van der Waals surface area contributed by atoms with Gasteiger partial charge in [0.1, 0.15) is 36.6 Å². The summed E-state index contributed by atoms with van der Waals surface area (Å²) >= 11 is 6.38. The van der Waals surface area contributed by atoms with Crippen molar-refractivity contribution in [3.8, 4) is 22.9 Å². The number of ether oxygens (including phenoxy) is 3. The summed E-state index contributed by atoms with van der Waals surface area (Å²) in [6.45, 7) is 5.20. The highest BCUT2D eigenvalue weighted by molar-refractivity contribution is 6.34. The Labute approximate surface area is 357 Å². The summed E-state index contributed by atoms with van der Waals surface area (Å²) in [6.07, 6.45) is -3.09. The first-order valence-electron chi connectivity index (χ1n) is 20.0. The second-order valence-corrected chi connectivity index (χ2v) is 15.5. The van der Waals surface area contributed by atoms with Crippen LogP contribution in [0.3, 0.4) is 0 Å². The van der Waals surface area contributed by atoms with Gasteiger partial charge in [-0.3, -0.25) is 14.4 Å². The summed E-state index contributed by atoms with van der Waals surface area (Å²) < 4.78 is 61.7. The van der Waals surface area contributed by atoms with Crippen molar-refractivity contribution in [3.05, 3.63) is 121 Å². The summed E-state index contributed by atoms with van der Waals surface area (Å²) in [5.74, 6) is -0.538. The van der Waals surface area contributed by atoms with E-state index in [9.17, 15) is 27.6 Å². The van der Waals surface area contributed by atoms with Gasteiger partial charge in [-0.15, -0.1) is 5.10 Å². The van der Waals surface area contributed by atoms with E-state index >= 15 is 0 Å². The first kappa shape index (κ1) is 40.9. The van der Waals surface area contributed by atoms with Gasteiger partial charge in [-0.1, -0.05) is 61.0 Å². The number of benzene rings is 3. The third kappa shape index (κ3) is 7.57. The molecular formula is C43H39ClF3N9O6. The Morgan fingerprint density at radius 1 is 1.00 bits per heavy atom. The van der Waals surface area contributed by atoms with E-state index in [1.807, 2.05) is 60.4 Å². The Morgan fingerprint density at radius 2 is 1.77 bits per heavy atom. The van der Waals surface area contributed by atoms with Gasteiger partial charge in [-0.2, -0.15) is 22.7 Å². The number of carbonyl (C=O) groups excluding carboxylic acids is 2. The number of carbonyl (C=O) groups is 2. The average Bonchev–Trinajstić information content (AvgIpc) is 4.05. The standard InChI is InChI=1S/C43H39ClF3N9O6/c1-3-32-36(53-12-14-54(15-13-53)40(58)35-37(24(2)48-23-49-35)62-20-25-7-5-4-6-8-25)41(59)56-42(51-39(52-56)26-9-10-27-21-60-22-28(27)17-26)55(32)19-33(57)50-34-31(44)18-30(43(45,46)47)29-11-16-61-38(29)34/h4-10,17-18,23H,3,11-16,19-22H2,1-2H3,(H,50,57). The minimum Gasteiger partial charge on any atom is -0.491 e. The maximum atomic E-state index is 14.6. The molecule has 320 valence electrons. The summed E-state index contributed by atoms with van der Waals surface area (Å²) in [4.78, 5) is 59.5. The molecule has 0 bridgehead atoms. The number of piperazine rings is 1. The van der Waals surface area contributed by atoms with Gasteiger partial charge in [-0.05, 0) is 42.2 Å². The van der Waals surface area contributed by atoms with Crippen molar-refractivity contribution in [2.45, 2.75) is 59.2 Å². The summed E-state index contributed by atoms with van der Waals surface area (Å²) in [6, 6.07) is 16.0. The summed E-state index contributed by atoms with van der Waals surface area (Å²) in [5, 5.41) is 7.00. The molecule has 0 radical (unpaired) electrons. The number of aromatic nitrogens is 6. The molecule has 1 fully saturated rings. The van der Waals surface area contributed by atoms with Crippen LogP contribution in [0.2, 0.25) is 5.02 Å². The molecule has 62 heavy (non-hydrogen) atoms. The van der Waals surface area contributed by atoms with Crippen molar-refractivity contribution in [3.63, 3.8) is 0 Å². The Balaban J connectivity index is 1.04. The third-order valence-corrected chi connectivity index (χ3v) is 11.5. The molecule has 6 heterocycles. The number of hydrogen-bond donors (Lipinski definition) is 1. The molecule has 0 atom stereocenters. The van der Waals surface area contributed by atoms with Crippen LogP contribution in [0.4, 0.5) is 24.5 Å². The first-order valence-corrected chi connectivity index (χ1v) is 20.4. The fourth-order valence-electron chi connectivity index (χ4n) is 8.18. The lowest BCUT2D eigenvalue weighted by atomic mass is 10.0. The van der Waals surface area contributed by atoms with Crippen LogP contribution in [0.15, 0.2) is 65.7 Å². The number of nitrogens with one attached hydrogen (secondary N) is 1. The van der Waals surface area contributed by atoms with E-state index < -0.39 is 29.8 Å². The fourth-order valence-corrected chi connectivity index (χ4v) is 8.43. The zero-order valence-corrected chi connectivity index (χ0v) is 34.3. The molecular weight excluding hydrogens is 831 g/mol. The topological polar surface area (TPSA) is 158 Å². The van der Waals surface area contributed by atoms with E-state index in [1.165, 1.54) is 6.33 Å². The van der Waals surface area contributed by atoms with Crippen molar-refractivity contribution >= 4 is 40.6 Å². The van der Waals surface area contributed by atoms with Crippen LogP contribution in [-0.2, 0) is 54.9 Å². The van der Waals surface area contributed by atoms with Gasteiger partial charge >= 0.3 is 6.18 Å². The lowest BCUT2D eigenvalue weighted by molar-refractivity contribution is -0.138. The lowest BCUT2D eigenvalue weighted by Crippen LogP contribution is -2.51. The van der Waals surface area contributed by atoms with E-state index in [0.29, 0.717) is 30.2 Å². The average molecular weight is 870 g/mol. The molecule has 0 spiro atoms. The minimum absolute atomic E-state index is 0.00793. The molecule has 1 N–H and O–H groups in total. The number of rotatable bonds is 10. The summed E-state index contributed by atoms with van der Waals surface area (Å²) in [7, 11) is 0. The second kappa shape index (κ2) is 16.4. The van der Waals surface area contributed by atoms with Gasteiger partial charge in [0.2, 0.25) is 11.7 Å². The molecule has 2 amide bonds. The predicted octanol–water partition coefficient (Wildman–Crippen LogP) is 6.04. The lowest BCUT2D eigenvalue weighted by Gasteiger charge is -2.36. The summed E-state index contributed by atoms with van der Waals surface area (Å²) in [5.41, 5.74) is 3.34. The Bertz CT molecular complexity index is 2810. The van der Waals surface area contributed by atoms with Gasteiger partial charge in [0.25, 0.3) is 11.5 Å². The quantitative estimate of drug-likeness (QED) is 0.171. The largest absolute Gasteiger partial charge is 0.491 e. The minimum atomic E-state index is -4.68. The van der Waals surface area contributed by atoms with Crippen molar-refractivity contribution in [1.29, 1.82) is 0 Å². The maximum absolute atomic E-state index is 14.6. The molecule has 0 saturated carbocycles. The van der Waals surface area contributed by atoms with Crippen LogP contribution in [0.1, 0.15) is 56.6 Å². The Morgan fingerprint density at radius 3 is 2.53 bits per heavy atom. The highest BCUT2D eigenvalue weighted by Crippen LogP contribution is 2.46. The van der Waals surface area contributed by atoms with E-state index in [0.717, 1.165) is 27.3 Å². The number of anilines is 2. The number of halogens is 4. The normalized spacial score (nSPS) is 14.8. The number of nitrogens with zero attached hydrogens (tertiary/aromatic N) is 8. The second-order valence-electron chi connectivity index (χ2n) is 15.1. The van der Waals surface area contributed by atoms with Crippen molar-refractivity contribution in [2.75, 3.05) is 43.0 Å². The van der Waals surface area contributed by atoms with Gasteiger partial charge in [0.05, 0.1) is 41.8 Å². The first-order chi connectivity index (χ1) is 29.9. The Hall–Kier alpha value is -6.53. The SMILES string of the molecule is CCc1c(N2CCN(C(=O)c3ncnc(C)c3OCc3ccccc3)CC2)c(=O)n2nc(-c3ccc4c(c3)COC4)nc2n1CC(=O)Nc1c(Cl)cc(C(F)(F)F)c2c1OCC2. The van der Waals surface area contributed by atoms with Gasteiger partial charge < -0.3 is 33.9 Å². The van der Waals surface area contributed by atoms with Crippen molar-refractivity contribution in [2.24, 2.45) is 0 Å². The van der Waals surface area contributed by atoms with Crippen LogP contribution in [-0.4, -0.2) is 78.6 Å². The van der Waals surface area contributed by atoms with Crippen LogP contribution >= 0.6 is 11.6 Å². The fraction of sp³-hybridized carbons (Fsp3) is 0.326. The number of fused-ring (bicyclic) bond motifs is 3. The number of amides is 2. The van der Waals surface area contributed by atoms with E-state index in [1.54, 1.807) is 16.4 Å². The van der Waals surface area contributed by atoms with Gasteiger partial charge in [0.15, 0.2) is 17.3 Å². The monoisotopic (exact) mass is 869 g/mol. The van der Waals surface area contributed by atoms with E-state index in [4.69, 9.17) is 30.8 Å². The smallest absolute Gasteiger partial charge is 0.416 e.